The van der Waals surface area contributed by atoms with Crippen LogP contribution in [0.5, 0.6) is 0 Å². The zero-order valence-electron chi connectivity index (χ0n) is 21.8. The lowest BCUT2D eigenvalue weighted by molar-refractivity contribution is -0.293. The topological polar surface area (TPSA) is 171 Å². The van der Waals surface area contributed by atoms with Crippen LogP contribution in [0, 0.1) is 0 Å². The molecule has 12 nitrogen and oxygen atoms in total. The van der Waals surface area contributed by atoms with Gasteiger partial charge in [-0.05, 0) is 38.7 Å². The molecule has 37 heavy (non-hydrogen) atoms. The molecule has 1 aromatic carbocycles. The molecule has 1 saturated carbocycles. The minimum Gasteiger partial charge on any atom is -0.465 e. The van der Waals surface area contributed by atoms with Gasteiger partial charge in [-0.25, -0.2) is 4.79 Å². The molecule has 0 bridgehead atoms. The van der Waals surface area contributed by atoms with Crippen LogP contribution < -0.4 is 16.0 Å². The molecule has 2 aliphatic rings. The Morgan fingerprint density at radius 3 is 2.51 bits per heavy atom. The van der Waals surface area contributed by atoms with Crippen molar-refractivity contribution in [2.75, 3.05) is 34.5 Å². The lowest BCUT2D eigenvalue weighted by Gasteiger charge is -2.49. The van der Waals surface area contributed by atoms with E-state index in [0.29, 0.717) is 18.5 Å². The van der Waals surface area contributed by atoms with E-state index in [-0.39, 0.29) is 19.1 Å². The number of methoxy groups -OCH3 is 1. The highest BCUT2D eigenvalue weighted by atomic mass is 16.7. The summed E-state index contributed by atoms with van der Waals surface area (Å²) in [5.74, 6) is -0.416. The first kappa shape index (κ1) is 29.8. The summed E-state index contributed by atoms with van der Waals surface area (Å²) in [7, 11) is 4.60. The van der Waals surface area contributed by atoms with Gasteiger partial charge in [0, 0.05) is 25.9 Å². The van der Waals surface area contributed by atoms with Gasteiger partial charge in [-0.15, -0.1) is 0 Å². The molecule has 7 N–H and O–H groups in total. The monoisotopic (exact) mass is 527 g/mol. The number of rotatable bonds is 11. The fourth-order valence-corrected chi connectivity index (χ4v) is 5.39. The first-order valence-electron chi connectivity index (χ1n) is 12.5. The summed E-state index contributed by atoms with van der Waals surface area (Å²) in [4.78, 5) is 11.8. The number of aliphatic hydroxyl groups excluding tert-OH is 3. The van der Waals surface area contributed by atoms with E-state index in [9.17, 15) is 25.2 Å². The number of benzene rings is 1. The number of likely N-dealkylation sites (N-methyl/N-ethyl adjacent to an activating group) is 2. The number of ether oxygens (including phenoxy) is 4. The molecule has 1 aliphatic heterocycles. The zero-order valence-corrected chi connectivity index (χ0v) is 21.8. The van der Waals surface area contributed by atoms with Crippen molar-refractivity contribution in [3.05, 3.63) is 35.4 Å². The maximum atomic E-state index is 11.8. The summed E-state index contributed by atoms with van der Waals surface area (Å²) in [6, 6.07) is 5.70. The first-order valence-corrected chi connectivity index (χ1v) is 12.5. The zero-order chi connectivity index (χ0) is 27.2. The Labute approximate surface area is 217 Å². The van der Waals surface area contributed by atoms with E-state index in [1.807, 2.05) is 13.0 Å². The van der Waals surface area contributed by atoms with E-state index in [4.69, 9.17) is 18.9 Å². The molecule has 12 heteroatoms. The summed E-state index contributed by atoms with van der Waals surface area (Å²) >= 11 is 0. The number of carbonyl (C=O) groups excluding carboxylic acids is 1. The second-order valence-electron chi connectivity index (χ2n) is 9.78. The van der Waals surface area contributed by atoms with Crippen LogP contribution in [0.25, 0.3) is 0 Å². The second-order valence-corrected chi connectivity index (χ2v) is 9.78. The minimum absolute atomic E-state index is 0.124. The fourth-order valence-electron chi connectivity index (χ4n) is 5.39. The number of hydrogen-bond donors (Lipinski definition) is 7. The Kier molecular flexibility index (Phi) is 10.8. The third-order valence-electron chi connectivity index (χ3n) is 7.09. The van der Waals surface area contributed by atoms with Crippen LogP contribution in [0.2, 0.25) is 0 Å². The third-order valence-corrected chi connectivity index (χ3v) is 7.09. The molecule has 210 valence electrons. The summed E-state index contributed by atoms with van der Waals surface area (Å²) in [6.07, 6.45) is -4.73. The van der Waals surface area contributed by atoms with Crippen LogP contribution >= 0.6 is 0 Å². The molecule has 0 aromatic heterocycles. The van der Waals surface area contributed by atoms with E-state index >= 15 is 0 Å². The van der Waals surface area contributed by atoms with Gasteiger partial charge in [0.2, 0.25) is 0 Å². The molecule has 1 heterocycles. The Balaban J connectivity index is 1.67. The van der Waals surface area contributed by atoms with E-state index < -0.39 is 61.2 Å². The molecule has 0 radical (unpaired) electrons. The number of carbonyl (C=O) groups is 1. The summed E-state index contributed by atoms with van der Waals surface area (Å²) in [5.41, 5.74) is 0.146. The van der Waals surface area contributed by atoms with Crippen LogP contribution in [0.1, 0.15) is 35.7 Å². The van der Waals surface area contributed by atoms with Crippen molar-refractivity contribution in [3.8, 4) is 0 Å². The fraction of sp³-hybridized carbons (Fsp3) is 0.720. The van der Waals surface area contributed by atoms with Crippen molar-refractivity contribution in [2.24, 2.45) is 0 Å². The van der Waals surface area contributed by atoms with Gasteiger partial charge in [-0.3, -0.25) is 0 Å². The maximum Gasteiger partial charge on any atom is 0.337 e. The van der Waals surface area contributed by atoms with Gasteiger partial charge < -0.3 is 55.3 Å². The maximum absolute atomic E-state index is 11.8. The van der Waals surface area contributed by atoms with Crippen molar-refractivity contribution in [2.45, 2.75) is 80.8 Å². The molecule has 1 saturated heterocycles. The lowest BCUT2D eigenvalue weighted by atomic mass is 9.81. The van der Waals surface area contributed by atoms with Gasteiger partial charge in [0.25, 0.3) is 0 Å². The normalized spacial score (nSPS) is 36.3. The molecule has 0 spiro atoms. The van der Waals surface area contributed by atoms with E-state index in [0.717, 1.165) is 5.56 Å². The van der Waals surface area contributed by atoms with Gasteiger partial charge in [0.1, 0.15) is 25.1 Å². The Morgan fingerprint density at radius 2 is 1.86 bits per heavy atom. The van der Waals surface area contributed by atoms with Gasteiger partial charge in [-0.2, -0.15) is 0 Å². The van der Waals surface area contributed by atoms with Crippen LogP contribution in [0.3, 0.4) is 0 Å². The summed E-state index contributed by atoms with van der Waals surface area (Å²) in [5, 5.41) is 51.6. The molecule has 3 unspecified atom stereocenters. The molecular formula is C25H41N3O9. The lowest BCUT2D eigenvalue weighted by Crippen LogP contribution is -2.71. The smallest absolute Gasteiger partial charge is 0.337 e. The van der Waals surface area contributed by atoms with Crippen molar-refractivity contribution in [1.29, 1.82) is 0 Å². The number of esters is 1. The van der Waals surface area contributed by atoms with E-state index in [1.54, 1.807) is 32.3 Å². The van der Waals surface area contributed by atoms with Gasteiger partial charge in [0.05, 0.1) is 42.6 Å². The quantitative estimate of drug-likeness (QED) is 0.131. The first-order chi connectivity index (χ1) is 17.7. The molecule has 0 amide bonds. The number of aliphatic hydroxyl groups is 4. The van der Waals surface area contributed by atoms with Crippen LogP contribution in [-0.4, -0.2) is 115 Å². The Bertz CT molecular complexity index is 878. The van der Waals surface area contributed by atoms with Gasteiger partial charge in [-0.1, -0.05) is 12.1 Å². The van der Waals surface area contributed by atoms with Gasteiger partial charge >= 0.3 is 5.97 Å². The van der Waals surface area contributed by atoms with Crippen molar-refractivity contribution in [1.82, 2.24) is 16.0 Å². The standard InChI is InChI=1S/C25H41N3O9/c1-14-9-25(33,12-28-11-15-6-5-7-16(8-15)24(32)34-4)10-17(36-14)37-23-21(31)18(26-2)20(30)19(27-3)22(23)35-13-29/h5-8,14,17-23,26-31,33H,9-13H2,1-4H3/t14-,17?,18-,19+,20+,21+,22?,23?,25+/m1/s1. The summed E-state index contributed by atoms with van der Waals surface area (Å²) < 4.78 is 22.3. The van der Waals surface area contributed by atoms with Gasteiger partial charge in [0.15, 0.2) is 6.29 Å². The highest BCUT2D eigenvalue weighted by molar-refractivity contribution is 5.89. The highest BCUT2D eigenvalue weighted by Crippen LogP contribution is 2.33. The van der Waals surface area contributed by atoms with Crippen LogP contribution in [-0.2, 0) is 25.5 Å². The Hall–Kier alpha value is -1.71. The average molecular weight is 528 g/mol. The average Bonchev–Trinajstić information content (AvgIpc) is 2.86. The Morgan fingerprint density at radius 1 is 1.14 bits per heavy atom. The predicted molar refractivity (Wildman–Crippen MR) is 133 cm³/mol. The van der Waals surface area contributed by atoms with E-state index in [1.165, 1.54) is 7.11 Å². The largest absolute Gasteiger partial charge is 0.465 e. The van der Waals surface area contributed by atoms with Crippen LogP contribution in [0.15, 0.2) is 24.3 Å². The second kappa shape index (κ2) is 13.4. The predicted octanol–water partition coefficient (Wildman–Crippen LogP) is -1.55. The SMILES string of the molecule is CN[C@@H]1[C@H](O)[C@H](NC)C(OCO)C(OC2C[C@](O)(CNCc3cccc(C(=O)OC)c3)C[C@@H](C)O2)[C@H]1O. The van der Waals surface area contributed by atoms with Crippen molar-refractivity contribution < 1.29 is 44.2 Å². The highest BCUT2D eigenvalue weighted by Gasteiger charge is 2.52. The molecule has 1 aliphatic carbocycles. The molecule has 9 atom stereocenters. The minimum atomic E-state index is -1.17. The van der Waals surface area contributed by atoms with Crippen molar-refractivity contribution >= 4 is 5.97 Å². The molecule has 3 rings (SSSR count). The van der Waals surface area contributed by atoms with Crippen molar-refractivity contribution in [3.63, 3.8) is 0 Å². The molecular weight excluding hydrogens is 486 g/mol. The third kappa shape index (κ3) is 7.24. The number of hydrogen-bond acceptors (Lipinski definition) is 12. The number of nitrogens with one attached hydrogen (secondary N) is 3. The summed E-state index contributed by atoms with van der Waals surface area (Å²) in [6.45, 7) is 1.87. The molecule has 2 fully saturated rings. The van der Waals surface area contributed by atoms with E-state index in [2.05, 4.69) is 16.0 Å². The van der Waals surface area contributed by atoms with Crippen LogP contribution in [0.4, 0.5) is 0 Å². The molecule has 1 aromatic rings.